The van der Waals surface area contributed by atoms with Crippen molar-refractivity contribution in [2.75, 3.05) is 21.3 Å². The molecule has 0 saturated heterocycles. The molecule has 0 unspecified atom stereocenters. The zero-order chi connectivity index (χ0) is 11.1. The molecule has 0 N–H and O–H groups in total. The molecule has 0 aromatic heterocycles. The van der Waals surface area contributed by atoms with Gasteiger partial charge in [0, 0.05) is 21.3 Å². The second-order valence-corrected chi connectivity index (χ2v) is 7.37. The van der Waals surface area contributed by atoms with E-state index in [0.29, 0.717) is 0 Å². The van der Waals surface area contributed by atoms with E-state index in [1.54, 1.807) is 21.3 Å². The third kappa shape index (κ3) is 3.52. The molecule has 84 valence electrons. The molecule has 1 aromatic carbocycles. The van der Waals surface area contributed by atoms with E-state index in [1.807, 2.05) is 30.3 Å². The molecule has 0 aliphatic rings. The fourth-order valence-corrected chi connectivity index (χ4v) is 4.93. The van der Waals surface area contributed by atoms with Crippen LogP contribution in [0.25, 0.3) is 0 Å². The van der Waals surface area contributed by atoms with Crippen molar-refractivity contribution < 1.29 is 17.4 Å². The first-order chi connectivity index (χ1) is 7.26. The van der Waals surface area contributed by atoms with Gasteiger partial charge in [-0.25, -0.2) is 0 Å². The Morgan fingerprint density at radius 1 is 0.933 bits per heavy atom. The summed E-state index contributed by atoms with van der Waals surface area (Å²) in [5, 5.41) is 1.19. The van der Waals surface area contributed by atoms with E-state index in [0.717, 1.165) is 0 Å². The second kappa shape index (κ2) is 6.16. The Morgan fingerprint density at radius 3 is 1.93 bits per heavy atom. The van der Waals surface area contributed by atoms with E-state index in [-0.39, 0.29) is 0 Å². The van der Waals surface area contributed by atoms with Gasteiger partial charge >= 0.3 is 9.05 Å². The Balaban J connectivity index is 2.54. The van der Waals surface area contributed by atoms with E-state index in [4.69, 9.17) is 17.4 Å². The zero-order valence-corrected chi connectivity index (χ0v) is 11.6. The predicted molar refractivity (Wildman–Crippen MR) is 62.5 cm³/mol. The van der Waals surface area contributed by atoms with E-state index < -0.39 is 18.8 Å². The van der Waals surface area contributed by atoms with Gasteiger partial charge in [0.05, 0.1) is 0 Å². The summed E-state index contributed by atoms with van der Waals surface area (Å²) in [5.41, 5.74) is 0. The van der Waals surface area contributed by atoms with Gasteiger partial charge in [0.15, 0.2) is 9.76 Å². The van der Waals surface area contributed by atoms with Crippen LogP contribution in [0.2, 0.25) is 0 Å². The highest BCUT2D eigenvalue weighted by molar-refractivity contribution is 6.64. The first-order valence-electron chi connectivity index (χ1n) is 4.59. The van der Waals surface area contributed by atoms with Gasteiger partial charge in [-0.1, -0.05) is 30.3 Å². The van der Waals surface area contributed by atoms with Crippen molar-refractivity contribution in [1.82, 2.24) is 0 Å². The van der Waals surface area contributed by atoms with Gasteiger partial charge in [-0.2, -0.15) is 0 Å². The summed E-state index contributed by atoms with van der Waals surface area (Å²) in [5.74, 6) is 0. The van der Waals surface area contributed by atoms with Crippen LogP contribution in [0.5, 0.6) is 0 Å². The van der Waals surface area contributed by atoms with Crippen molar-refractivity contribution in [1.29, 1.82) is 0 Å². The van der Waals surface area contributed by atoms with Crippen molar-refractivity contribution in [2.24, 2.45) is 0 Å². The van der Waals surface area contributed by atoms with Crippen molar-refractivity contribution in [3.63, 3.8) is 0 Å². The summed E-state index contributed by atoms with van der Waals surface area (Å²) in [4.78, 5) is 0. The number of rotatable bonds is 6. The van der Waals surface area contributed by atoms with Crippen LogP contribution in [0.4, 0.5) is 0 Å². The molecule has 0 saturated carbocycles. The van der Waals surface area contributed by atoms with Crippen LogP contribution < -0.4 is 5.19 Å². The summed E-state index contributed by atoms with van der Waals surface area (Å²) in [6.45, 7) is 0. The zero-order valence-electron chi connectivity index (χ0n) is 9.23. The number of hydrogen-bond acceptors (Lipinski definition) is 4. The Labute approximate surface area is 93.6 Å². The lowest BCUT2D eigenvalue weighted by atomic mass is 10.4. The number of hydrogen-bond donors (Lipinski definition) is 0. The fourth-order valence-electron chi connectivity index (χ4n) is 1.17. The first-order valence-corrected chi connectivity index (χ1v) is 7.51. The highest BCUT2D eigenvalue weighted by Crippen LogP contribution is 2.06. The van der Waals surface area contributed by atoms with Gasteiger partial charge in [-0.15, -0.1) is 0 Å². The SMILES string of the molecule is CO[Si](OC)(OC)O[SiH2]c1ccccc1. The maximum atomic E-state index is 5.67. The lowest BCUT2D eigenvalue weighted by Gasteiger charge is -2.23. The van der Waals surface area contributed by atoms with Crippen molar-refractivity contribution in [2.45, 2.75) is 0 Å². The molecule has 0 atom stereocenters. The minimum Gasteiger partial charge on any atom is -0.395 e. The van der Waals surface area contributed by atoms with Gasteiger partial charge < -0.3 is 17.4 Å². The third-order valence-corrected chi connectivity index (χ3v) is 6.30. The number of benzene rings is 1. The highest BCUT2D eigenvalue weighted by Gasteiger charge is 2.41. The van der Waals surface area contributed by atoms with E-state index in [1.165, 1.54) is 5.19 Å². The summed E-state index contributed by atoms with van der Waals surface area (Å²) < 4.78 is 21.2. The molecule has 1 rings (SSSR count). The minimum absolute atomic E-state index is 0.862. The molecule has 1 aromatic rings. The maximum Gasteiger partial charge on any atom is 0.668 e. The van der Waals surface area contributed by atoms with Crippen LogP contribution in [-0.4, -0.2) is 40.1 Å². The molecule has 4 nitrogen and oxygen atoms in total. The topological polar surface area (TPSA) is 36.9 Å². The molecule has 0 aliphatic carbocycles. The molecular formula is C9H16O4Si2. The van der Waals surface area contributed by atoms with E-state index in [2.05, 4.69) is 0 Å². The summed E-state index contributed by atoms with van der Waals surface area (Å²) in [7, 11) is 0.921. The van der Waals surface area contributed by atoms with Crippen molar-refractivity contribution in [3.8, 4) is 0 Å². The van der Waals surface area contributed by atoms with Crippen LogP contribution in [0, 0.1) is 0 Å². The first kappa shape index (κ1) is 12.6. The molecule has 0 fully saturated rings. The Hall–Kier alpha value is -0.506. The quantitative estimate of drug-likeness (QED) is 0.649. The predicted octanol–water partition coefficient (Wildman–Crippen LogP) is -0.213. The molecule has 0 spiro atoms. The molecule has 0 radical (unpaired) electrons. The van der Waals surface area contributed by atoms with Crippen LogP contribution >= 0.6 is 0 Å². The molecule has 15 heavy (non-hydrogen) atoms. The van der Waals surface area contributed by atoms with Crippen LogP contribution in [0.15, 0.2) is 30.3 Å². The fraction of sp³-hybridized carbons (Fsp3) is 0.333. The molecule has 0 aliphatic heterocycles. The van der Waals surface area contributed by atoms with Gasteiger partial charge in [0.2, 0.25) is 0 Å². The Bertz CT molecular complexity index is 268. The van der Waals surface area contributed by atoms with Crippen molar-refractivity contribution >= 4 is 24.0 Å². The molecule has 0 amide bonds. The molecule has 0 bridgehead atoms. The summed E-state index contributed by atoms with van der Waals surface area (Å²) in [6.07, 6.45) is 0. The smallest absolute Gasteiger partial charge is 0.395 e. The van der Waals surface area contributed by atoms with E-state index in [9.17, 15) is 0 Å². The third-order valence-electron chi connectivity index (χ3n) is 2.01. The van der Waals surface area contributed by atoms with E-state index >= 15 is 0 Å². The molecule has 6 heteroatoms. The van der Waals surface area contributed by atoms with Crippen LogP contribution in [0.1, 0.15) is 0 Å². The standard InChI is InChI=1S/C9H16O4Si2/c1-10-15(11-2,12-3)13-14-9-7-5-4-6-8-9/h4-8H,14H2,1-3H3. The van der Waals surface area contributed by atoms with Gasteiger partial charge in [-0.05, 0) is 5.19 Å². The summed E-state index contributed by atoms with van der Waals surface area (Å²) in [6, 6.07) is 10.0. The molecule has 0 heterocycles. The average Bonchev–Trinajstić information content (AvgIpc) is 2.33. The highest BCUT2D eigenvalue weighted by atomic mass is 28.4. The van der Waals surface area contributed by atoms with Crippen LogP contribution in [-0.2, 0) is 17.4 Å². The van der Waals surface area contributed by atoms with Gasteiger partial charge in [-0.3, -0.25) is 0 Å². The van der Waals surface area contributed by atoms with Crippen LogP contribution in [0.3, 0.4) is 0 Å². The molecular weight excluding hydrogens is 228 g/mol. The lowest BCUT2D eigenvalue weighted by Crippen LogP contribution is -2.49. The normalized spacial score (nSPS) is 12.5. The van der Waals surface area contributed by atoms with Gasteiger partial charge in [0.1, 0.15) is 0 Å². The Kier molecular flexibility index (Phi) is 5.16. The second-order valence-electron chi connectivity index (χ2n) is 2.89. The maximum absolute atomic E-state index is 5.67. The monoisotopic (exact) mass is 244 g/mol. The average molecular weight is 244 g/mol. The minimum atomic E-state index is -2.84. The van der Waals surface area contributed by atoms with Crippen molar-refractivity contribution in [3.05, 3.63) is 30.3 Å². The lowest BCUT2D eigenvalue weighted by molar-refractivity contribution is 0.0532. The van der Waals surface area contributed by atoms with Gasteiger partial charge in [0.25, 0.3) is 0 Å². The largest absolute Gasteiger partial charge is 0.668 e. The Morgan fingerprint density at radius 2 is 1.47 bits per heavy atom. The summed E-state index contributed by atoms with van der Waals surface area (Å²) >= 11 is 0.